The number of halogens is 2. The molecule has 1 aromatic carbocycles. The van der Waals surface area contributed by atoms with Crippen molar-refractivity contribution in [2.75, 3.05) is 0 Å². The van der Waals surface area contributed by atoms with Crippen LogP contribution in [0.3, 0.4) is 0 Å². The molecule has 0 saturated carbocycles. The van der Waals surface area contributed by atoms with Crippen LogP contribution in [0.2, 0.25) is 0 Å². The van der Waals surface area contributed by atoms with E-state index in [0.717, 1.165) is 21.3 Å². The molecule has 19 heavy (non-hydrogen) atoms. The summed E-state index contributed by atoms with van der Waals surface area (Å²) in [4.78, 5) is 0. The molecule has 2 rings (SSSR count). The fraction of sp³-hybridized carbons (Fsp3) is 0.286. The summed E-state index contributed by atoms with van der Waals surface area (Å²) < 4.78 is 14.0. The van der Waals surface area contributed by atoms with E-state index < -0.39 is 6.10 Å². The average Bonchev–Trinajstić information content (AvgIpc) is 2.36. The molecule has 0 fully saturated rings. The number of hydrogen-bond acceptors (Lipinski definition) is 3. The van der Waals surface area contributed by atoms with Crippen LogP contribution in [0.4, 0.5) is 4.39 Å². The minimum Gasteiger partial charge on any atom is -0.388 e. The van der Waals surface area contributed by atoms with Gasteiger partial charge in [0.05, 0.1) is 17.5 Å². The maximum atomic E-state index is 13.2. The van der Waals surface area contributed by atoms with Gasteiger partial charge in [-0.25, -0.2) is 4.39 Å². The molecule has 0 amide bonds. The Balaban J connectivity index is 2.27. The molecule has 1 atom stereocenters. The van der Waals surface area contributed by atoms with E-state index in [1.807, 2.05) is 6.92 Å². The Hall–Kier alpha value is -1.33. The molecule has 0 bridgehead atoms. The molecule has 5 heteroatoms. The minimum atomic E-state index is -0.729. The van der Waals surface area contributed by atoms with Gasteiger partial charge in [0.1, 0.15) is 5.82 Å². The molecule has 1 unspecified atom stereocenters. The van der Waals surface area contributed by atoms with Crippen molar-refractivity contribution in [1.29, 1.82) is 0 Å². The highest BCUT2D eigenvalue weighted by molar-refractivity contribution is 9.10. The summed E-state index contributed by atoms with van der Waals surface area (Å²) in [7, 11) is 0. The van der Waals surface area contributed by atoms with Crippen LogP contribution in [-0.2, 0) is 6.42 Å². The van der Waals surface area contributed by atoms with Crippen LogP contribution in [0, 0.1) is 19.7 Å². The second kappa shape index (κ2) is 5.75. The van der Waals surface area contributed by atoms with E-state index in [-0.39, 0.29) is 5.82 Å². The first-order chi connectivity index (χ1) is 8.97. The van der Waals surface area contributed by atoms with Gasteiger partial charge < -0.3 is 5.11 Å². The van der Waals surface area contributed by atoms with Crippen molar-refractivity contribution in [3.05, 3.63) is 57.1 Å². The number of aromatic nitrogens is 2. The van der Waals surface area contributed by atoms with E-state index in [1.54, 1.807) is 19.1 Å². The van der Waals surface area contributed by atoms with Crippen LogP contribution in [0.15, 0.2) is 28.7 Å². The maximum absolute atomic E-state index is 13.2. The second-order valence-electron chi connectivity index (χ2n) is 4.48. The predicted molar refractivity (Wildman–Crippen MR) is 74.3 cm³/mol. The highest BCUT2D eigenvalue weighted by atomic mass is 79.9. The van der Waals surface area contributed by atoms with E-state index in [1.165, 1.54) is 12.1 Å². The quantitative estimate of drug-likeness (QED) is 0.942. The summed E-state index contributed by atoms with van der Waals surface area (Å²) >= 11 is 3.36. The Bertz CT molecular complexity index is 604. The average molecular weight is 325 g/mol. The number of aliphatic hydroxyl groups is 1. The molecule has 1 heterocycles. The maximum Gasteiger partial charge on any atom is 0.123 e. The topological polar surface area (TPSA) is 46.0 Å². The Morgan fingerprint density at radius 1 is 1.26 bits per heavy atom. The van der Waals surface area contributed by atoms with Crippen molar-refractivity contribution in [3.8, 4) is 0 Å². The van der Waals surface area contributed by atoms with Crippen LogP contribution in [0.5, 0.6) is 0 Å². The highest BCUT2D eigenvalue weighted by Crippen LogP contribution is 2.25. The van der Waals surface area contributed by atoms with Crippen molar-refractivity contribution in [2.24, 2.45) is 0 Å². The van der Waals surface area contributed by atoms with E-state index in [4.69, 9.17) is 0 Å². The Kier molecular flexibility index (Phi) is 4.27. The van der Waals surface area contributed by atoms with Gasteiger partial charge in [-0.2, -0.15) is 10.2 Å². The summed E-state index contributed by atoms with van der Waals surface area (Å²) in [6.07, 6.45) is -0.406. The Morgan fingerprint density at radius 2 is 2.00 bits per heavy atom. The van der Waals surface area contributed by atoms with Crippen LogP contribution in [0.25, 0.3) is 0 Å². The van der Waals surface area contributed by atoms with E-state index in [9.17, 15) is 9.50 Å². The first-order valence-electron chi connectivity index (χ1n) is 5.90. The highest BCUT2D eigenvalue weighted by Gasteiger charge is 2.15. The zero-order chi connectivity index (χ0) is 14.0. The lowest BCUT2D eigenvalue weighted by Gasteiger charge is -2.14. The van der Waals surface area contributed by atoms with Gasteiger partial charge in [-0.15, -0.1) is 0 Å². The molecule has 100 valence electrons. The number of nitrogens with zero attached hydrogens (tertiary/aromatic N) is 2. The van der Waals surface area contributed by atoms with E-state index >= 15 is 0 Å². The zero-order valence-corrected chi connectivity index (χ0v) is 12.3. The fourth-order valence-corrected chi connectivity index (χ4v) is 2.33. The van der Waals surface area contributed by atoms with Gasteiger partial charge in [-0.05, 0) is 43.7 Å². The standard InChI is InChI=1S/C14H14BrFN2O/c1-8-5-12(9(2)18-17-8)14(19)7-10-6-11(16)3-4-13(10)15/h3-6,14,19H,7H2,1-2H3. The zero-order valence-electron chi connectivity index (χ0n) is 10.7. The summed E-state index contributed by atoms with van der Waals surface area (Å²) in [5.74, 6) is -0.314. The van der Waals surface area contributed by atoms with Gasteiger partial charge in [-0.1, -0.05) is 15.9 Å². The first kappa shape index (κ1) is 14.1. The van der Waals surface area contributed by atoms with Crippen molar-refractivity contribution >= 4 is 15.9 Å². The number of aliphatic hydroxyl groups excluding tert-OH is 1. The number of hydrogen-bond donors (Lipinski definition) is 1. The lowest BCUT2D eigenvalue weighted by atomic mass is 10.0. The summed E-state index contributed by atoms with van der Waals surface area (Å²) in [5.41, 5.74) is 2.88. The van der Waals surface area contributed by atoms with Gasteiger partial charge in [0, 0.05) is 16.5 Å². The van der Waals surface area contributed by atoms with Crippen LogP contribution < -0.4 is 0 Å². The van der Waals surface area contributed by atoms with Gasteiger partial charge in [0.2, 0.25) is 0 Å². The summed E-state index contributed by atoms with van der Waals surface area (Å²) in [6, 6.07) is 6.24. The molecule has 3 nitrogen and oxygen atoms in total. The minimum absolute atomic E-state index is 0.314. The smallest absolute Gasteiger partial charge is 0.123 e. The van der Waals surface area contributed by atoms with Crippen LogP contribution in [0.1, 0.15) is 28.6 Å². The van der Waals surface area contributed by atoms with Gasteiger partial charge in [0.25, 0.3) is 0 Å². The fourth-order valence-electron chi connectivity index (χ4n) is 1.93. The number of aryl methyl sites for hydroxylation is 2. The molecule has 0 aliphatic heterocycles. The SMILES string of the molecule is Cc1cc(C(O)Cc2cc(F)ccc2Br)c(C)nn1. The Labute approximate surface area is 119 Å². The van der Waals surface area contributed by atoms with Crippen molar-refractivity contribution in [2.45, 2.75) is 26.4 Å². The third-order valence-electron chi connectivity index (χ3n) is 2.92. The second-order valence-corrected chi connectivity index (χ2v) is 5.34. The lowest BCUT2D eigenvalue weighted by Crippen LogP contribution is -2.07. The van der Waals surface area contributed by atoms with E-state index in [2.05, 4.69) is 26.1 Å². The van der Waals surface area contributed by atoms with Gasteiger partial charge in [0.15, 0.2) is 0 Å². The van der Waals surface area contributed by atoms with Crippen molar-refractivity contribution in [3.63, 3.8) is 0 Å². The number of benzene rings is 1. The van der Waals surface area contributed by atoms with Crippen LogP contribution in [-0.4, -0.2) is 15.3 Å². The van der Waals surface area contributed by atoms with Crippen LogP contribution >= 0.6 is 15.9 Å². The molecule has 0 aliphatic carbocycles. The molecule has 1 aromatic heterocycles. The summed E-state index contributed by atoms with van der Waals surface area (Å²) in [6.45, 7) is 3.62. The molecule has 2 aromatic rings. The summed E-state index contributed by atoms with van der Waals surface area (Å²) in [5, 5.41) is 18.2. The molecule has 0 saturated heterocycles. The van der Waals surface area contributed by atoms with Gasteiger partial charge >= 0.3 is 0 Å². The van der Waals surface area contributed by atoms with Crippen molar-refractivity contribution < 1.29 is 9.50 Å². The predicted octanol–water partition coefficient (Wildman–Crippen LogP) is 3.27. The molecular weight excluding hydrogens is 311 g/mol. The monoisotopic (exact) mass is 324 g/mol. The lowest BCUT2D eigenvalue weighted by molar-refractivity contribution is 0.176. The largest absolute Gasteiger partial charge is 0.388 e. The third kappa shape index (κ3) is 3.36. The molecule has 1 N–H and O–H groups in total. The Morgan fingerprint density at radius 3 is 2.74 bits per heavy atom. The number of rotatable bonds is 3. The van der Waals surface area contributed by atoms with Gasteiger partial charge in [-0.3, -0.25) is 0 Å². The third-order valence-corrected chi connectivity index (χ3v) is 3.69. The van der Waals surface area contributed by atoms with E-state index in [0.29, 0.717) is 12.1 Å². The molecule has 0 aliphatic rings. The first-order valence-corrected chi connectivity index (χ1v) is 6.69. The molecule has 0 spiro atoms. The molecular formula is C14H14BrFN2O. The van der Waals surface area contributed by atoms with Crippen molar-refractivity contribution in [1.82, 2.24) is 10.2 Å². The normalized spacial score (nSPS) is 12.5. The molecule has 0 radical (unpaired) electrons.